The molecule has 0 N–H and O–H groups in total. The van der Waals surface area contributed by atoms with Gasteiger partial charge in [-0.3, -0.25) is 9.55 Å². The van der Waals surface area contributed by atoms with Crippen LogP contribution >= 0.6 is 0 Å². The van der Waals surface area contributed by atoms with Crippen LogP contribution in [0.15, 0.2) is 140 Å². The first-order valence-corrected chi connectivity index (χ1v) is 16.3. The summed E-state index contributed by atoms with van der Waals surface area (Å²) in [5, 5.41) is 5.04. The Morgan fingerprint density at radius 3 is 1.81 bits per heavy atom. The van der Waals surface area contributed by atoms with E-state index in [1.165, 1.54) is 54.9 Å². The molecule has 4 heterocycles. The number of hydrogen-bond donors (Lipinski definition) is 0. The maximum Gasteiger partial charge on any atom is 0.131 e. The van der Waals surface area contributed by atoms with Crippen molar-refractivity contribution in [2.45, 2.75) is 19.8 Å². The number of nitrogens with zero attached hydrogens (tertiary/aromatic N) is 5. The smallest absolute Gasteiger partial charge is 0.131 e. The number of pyridine rings is 1. The van der Waals surface area contributed by atoms with E-state index in [1.54, 1.807) is 0 Å². The minimum atomic E-state index is 0.368. The van der Waals surface area contributed by atoms with E-state index in [1.807, 2.05) is 12.3 Å². The van der Waals surface area contributed by atoms with Crippen molar-refractivity contribution in [2.24, 2.45) is 0 Å². The average Bonchev–Trinajstić information content (AvgIpc) is 3.77. The molecular formula is C42H35N5. The second-order valence-electron chi connectivity index (χ2n) is 12.9. The fraction of sp³-hybridized carbons (Fsp3) is 0.119. The van der Waals surface area contributed by atoms with Crippen LogP contribution in [-0.4, -0.2) is 32.7 Å². The van der Waals surface area contributed by atoms with Gasteiger partial charge in [-0.2, -0.15) is 0 Å². The first kappa shape index (κ1) is 27.5. The van der Waals surface area contributed by atoms with Crippen LogP contribution in [0.4, 0.5) is 5.69 Å². The highest BCUT2D eigenvalue weighted by atomic mass is 15.4. The van der Waals surface area contributed by atoms with E-state index < -0.39 is 0 Å². The molecule has 47 heavy (non-hydrogen) atoms. The predicted octanol–water partition coefficient (Wildman–Crippen LogP) is 10.2. The molecule has 1 aliphatic rings. The quantitative estimate of drug-likeness (QED) is 0.194. The van der Waals surface area contributed by atoms with Gasteiger partial charge in [-0.1, -0.05) is 86.6 Å². The topological polar surface area (TPSA) is 29.2 Å². The van der Waals surface area contributed by atoms with Crippen molar-refractivity contribution >= 4 is 55.1 Å². The lowest BCUT2D eigenvalue weighted by Gasteiger charge is -2.22. The normalized spacial score (nSPS) is 13.6. The van der Waals surface area contributed by atoms with Crippen LogP contribution in [0, 0.1) is 0 Å². The van der Waals surface area contributed by atoms with Crippen molar-refractivity contribution in [1.29, 1.82) is 0 Å². The molecule has 0 amide bonds. The van der Waals surface area contributed by atoms with E-state index in [2.05, 4.69) is 172 Å². The molecule has 8 aromatic rings. The molecule has 0 unspecified atom stereocenters. The van der Waals surface area contributed by atoms with Gasteiger partial charge >= 0.3 is 0 Å². The summed E-state index contributed by atoms with van der Waals surface area (Å²) >= 11 is 0. The molecule has 5 nitrogen and oxygen atoms in total. The Morgan fingerprint density at radius 1 is 0.574 bits per heavy atom. The van der Waals surface area contributed by atoms with Gasteiger partial charge in [0.15, 0.2) is 0 Å². The van der Waals surface area contributed by atoms with Crippen LogP contribution in [0.3, 0.4) is 0 Å². The van der Waals surface area contributed by atoms with Crippen molar-refractivity contribution in [3.05, 3.63) is 145 Å². The summed E-state index contributed by atoms with van der Waals surface area (Å²) in [5.74, 6) is 1.53. The van der Waals surface area contributed by atoms with Crippen molar-refractivity contribution in [2.75, 3.05) is 18.6 Å². The summed E-state index contributed by atoms with van der Waals surface area (Å²) in [4.78, 5) is 9.40. The number of rotatable bonds is 5. The number of hydrogen-bond acceptors (Lipinski definition) is 3. The van der Waals surface area contributed by atoms with Crippen LogP contribution in [0.2, 0.25) is 0 Å². The monoisotopic (exact) mass is 609 g/mol. The van der Waals surface area contributed by atoms with Gasteiger partial charge in [-0.25, -0.2) is 0 Å². The van der Waals surface area contributed by atoms with Crippen molar-refractivity contribution < 1.29 is 0 Å². The molecule has 0 atom stereocenters. The fourth-order valence-electron chi connectivity index (χ4n) is 7.32. The Labute approximate surface area is 274 Å². The fourth-order valence-corrected chi connectivity index (χ4v) is 7.32. The summed E-state index contributed by atoms with van der Waals surface area (Å²) in [5.41, 5.74) is 10.6. The van der Waals surface area contributed by atoms with Crippen LogP contribution in [0.5, 0.6) is 0 Å². The highest BCUT2D eigenvalue weighted by Gasteiger charge is 2.25. The van der Waals surface area contributed by atoms with Gasteiger partial charge in [0.05, 0.1) is 34.4 Å². The summed E-state index contributed by atoms with van der Waals surface area (Å²) in [6.07, 6.45) is 4.18. The maximum atomic E-state index is 4.66. The van der Waals surface area contributed by atoms with E-state index >= 15 is 0 Å². The highest BCUT2D eigenvalue weighted by Crippen LogP contribution is 2.39. The molecule has 0 spiro atoms. The van der Waals surface area contributed by atoms with E-state index in [9.17, 15) is 0 Å². The van der Waals surface area contributed by atoms with Crippen LogP contribution in [0.1, 0.15) is 25.3 Å². The number of para-hydroxylation sites is 3. The summed E-state index contributed by atoms with van der Waals surface area (Å²) in [6.45, 7) is 5.32. The molecule has 5 heteroatoms. The molecule has 0 aliphatic carbocycles. The van der Waals surface area contributed by atoms with Crippen LogP contribution in [0.25, 0.3) is 66.4 Å². The molecular weight excluding hydrogens is 574 g/mol. The average molecular weight is 610 g/mol. The molecule has 0 saturated heterocycles. The lowest BCUT2D eigenvalue weighted by Crippen LogP contribution is -2.24. The van der Waals surface area contributed by atoms with E-state index in [-0.39, 0.29) is 0 Å². The minimum absolute atomic E-state index is 0.368. The molecule has 1 aliphatic heterocycles. The van der Waals surface area contributed by atoms with Gasteiger partial charge in [0.1, 0.15) is 5.82 Å². The third-order valence-corrected chi connectivity index (χ3v) is 9.65. The summed E-state index contributed by atoms with van der Waals surface area (Å²) in [7, 11) is 2.19. The van der Waals surface area contributed by atoms with Gasteiger partial charge < -0.3 is 14.4 Å². The molecule has 228 valence electrons. The van der Waals surface area contributed by atoms with E-state index in [0.29, 0.717) is 5.92 Å². The zero-order valence-electron chi connectivity index (χ0n) is 26.8. The van der Waals surface area contributed by atoms with Crippen molar-refractivity contribution in [1.82, 2.24) is 19.0 Å². The molecule has 0 bridgehead atoms. The summed E-state index contributed by atoms with van der Waals surface area (Å²) in [6, 6.07) is 46.1. The zero-order chi connectivity index (χ0) is 31.6. The third-order valence-electron chi connectivity index (χ3n) is 9.65. The molecule has 3 aromatic heterocycles. The first-order valence-electron chi connectivity index (χ1n) is 16.3. The number of anilines is 1. The number of benzene rings is 5. The lowest BCUT2D eigenvalue weighted by molar-refractivity contribution is 0.497. The maximum absolute atomic E-state index is 4.66. The molecule has 0 saturated carbocycles. The zero-order valence-corrected chi connectivity index (χ0v) is 26.8. The largest absolute Gasteiger partial charge is 0.341 e. The number of aromatic nitrogens is 3. The van der Waals surface area contributed by atoms with E-state index in [0.717, 1.165) is 29.4 Å². The third kappa shape index (κ3) is 4.34. The minimum Gasteiger partial charge on any atom is -0.341 e. The highest BCUT2D eigenvalue weighted by molar-refractivity contribution is 6.11. The Kier molecular flexibility index (Phi) is 6.22. The Morgan fingerprint density at radius 2 is 1.17 bits per heavy atom. The Hall–Kier alpha value is -5.81. The van der Waals surface area contributed by atoms with Crippen molar-refractivity contribution in [3.63, 3.8) is 0 Å². The van der Waals surface area contributed by atoms with E-state index in [4.69, 9.17) is 0 Å². The van der Waals surface area contributed by atoms with Gasteiger partial charge in [-0.05, 0) is 66.1 Å². The lowest BCUT2D eigenvalue weighted by atomic mass is 10.0. The van der Waals surface area contributed by atoms with Crippen LogP contribution < -0.4 is 4.90 Å². The first-order chi connectivity index (χ1) is 23.0. The Bertz CT molecular complexity index is 2450. The van der Waals surface area contributed by atoms with Gasteiger partial charge in [0, 0.05) is 57.9 Å². The second kappa shape index (κ2) is 10.6. The van der Waals surface area contributed by atoms with Gasteiger partial charge in [0.25, 0.3) is 0 Å². The van der Waals surface area contributed by atoms with Gasteiger partial charge in [-0.15, -0.1) is 0 Å². The van der Waals surface area contributed by atoms with Gasteiger partial charge in [0.2, 0.25) is 0 Å². The standard InChI is InChI=1S/C42H35N5/c1-28(2)30-22-31(45-26-42(44(3)27-45)47-39-17-8-5-12-33(39)34-13-6-9-18-40(34)47)25-32(23-30)46-38-16-7-4-14-35(38)36-20-19-29(24-41(36)46)37-15-10-11-21-43-37/h4-26,28H,27H2,1-3H3. The molecule has 0 radical (unpaired) electrons. The predicted molar refractivity (Wildman–Crippen MR) is 197 cm³/mol. The molecule has 0 fully saturated rings. The van der Waals surface area contributed by atoms with Crippen molar-refractivity contribution in [3.8, 4) is 16.9 Å². The SMILES string of the molecule is CC(C)c1cc(N2C=C(n3c4ccccc4c4ccccc43)N(C)C2)cc(-n2c3ccccc3c3ccc(-c4ccccn4)cc32)c1. The molecule has 5 aromatic carbocycles. The summed E-state index contributed by atoms with van der Waals surface area (Å²) < 4.78 is 4.84. The number of fused-ring (bicyclic) bond motifs is 6. The second-order valence-corrected chi connectivity index (χ2v) is 12.9. The molecule has 9 rings (SSSR count). The Balaban J connectivity index is 1.24. The van der Waals surface area contributed by atoms with Crippen LogP contribution in [-0.2, 0) is 0 Å².